The van der Waals surface area contributed by atoms with E-state index in [1.807, 2.05) is 42.5 Å². The highest BCUT2D eigenvalue weighted by atomic mass is 32.1. The molecule has 3 rings (SSSR count). The van der Waals surface area contributed by atoms with Gasteiger partial charge in [-0.1, -0.05) is 49.6 Å². The van der Waals surface area contributed by atoms with Crippen molar-refractivity contribution < 1.29 is 0 Å². The summed E-state index contributed by atoms with van der Waals surface area (Å²) in [4.78, 5) is 0.924. The van der Waals surface area contributed by atoms with E-state index in [0.29, 0.717) is 0 Å². The van der Waals surface area contributed by atoms with Gasteiger partial charge in [-0.05, 0) is 23.8 Å². The van der Waals surface area contributed by atoms with Gasteiger partial charge in [0.1, 0.15) is 0 Å². The number of benzene rings is 2. The quantitative estimate of drug-likeness (QED) is 0.708. The molecule has 0 heterocycles. The first-order valence-electron chi connectivity index (χ1n) is 7.12. The van der Waals surface area contributed by atoms with Crippen molar-refractivity contribution in [3.63, 3.8) is 0 Å². The first-order valence-corrected chi connectivity index (χ1v) is 7.57. The van der Waals surface area contributed by atoms with Gasteiger partial charge >= 0.3 is 0 Å². The van der Waals surface area contributed by atoms with E-state index in [2.05, 4.69) is 48.6 Å². The molecule has 2 aromatic carbocycles. The lowest BCUT2D eigenvalue weighted by Crippen LogP contribution is -2.28. The zero-order valence-corrected chi connectivity index (χ0v) is 13.2. The van der Waals surface area contributed by atoms with Crippen molar-refractivity contribution in [1.82, 2.24) is 5.32 Å². The van der Waals surface area contributed by atoms with Gasteiger partial charge < -0.3 is 10.6 Å². The summed E-state index contributed by atoms with van der Waals surface area (Å²) >= 11 is 4.36. The third kappa shape index (κ3) is 2.95. The largest absolute Gasteiger partial charge is 0.379 e. The van der Waals surface area contributed by atoms with E-state index in [-0.39, 0.29) is 0 Å². The summed E-state index contributed by atoms with van der Waals surface area (Å²) in [5.41, 5.74) is 6.16. The van der Waals surface area contributed by atoms with Crippen LogP contribution >= 0.6 is 12.6 Å². The highest BCUT2D eigenvalue weighted by molar-refractivity contribution is 7.80. The molecular weight excluding hydrogens is 288 g/mol. The SMILES string of the molecule is C=C1C(=C)C(Nc2cccc(S)c2)=C1NCc1ccccc1. The lowest BCUT2D eigenvalue weighted by atomic mass is 9.89. The van der Waals surface area contributed by atoms with E-state index in [1.54, 1.807) is 0 Å². The predicted octanol–water partition coefficient (Wildman–Crippen LogP) is 4.51. The molecule has 22 heavy (non-hydrogen) atoms. The van der Waals surface area contributed by atoms with Gasteiger partial charge in [0.2, 0.25) is 0 Å². The topological polar surface area (TPSA) is 24.1 Å². The molecule has 2 nitrogen and oxygen atoms in total. The maximum atomic E-state index is 4.36. The average molecular weight is 306 g/mol. The molecule has 0 radical (unpaired) electrons. The number of hydrogen-bond acceptors (Lipinski definition) is 3. The number of allylic oxidation sites excluding steroid dienone is 2. The third-order valence-electron chi connectivity index (χ3n) is 3.65. The molecule has 0 atom stereocenters. The Labute approximate surface area is 136 Å². The Morgan fingerprint density at radius 3 is 2.32 bits per heavy atom. The highest BCUT2D eigenvalue weighted by Gasteiger charge is 2.26. The standard InChI is InChI=1S/C19H18N2S/c1-13-14(2)19(21-16-9-6-10-17(22)11-16)18(13)20-12-15-7-4-3-5-8-15/h3-11,20-22H,1-2,12H2. The van der Waals surface area contributed by atoms with Crippen molar-refractivity contribution in [1.29, 1.82) is 0 Å². The van der Waals surface area contributed by atoms with Crippen LogP contribution in [0.2, 0.25) is 0 Å². The van der Waals surface area contributed by atoms with Crippen LogP contribution < -0.4 is 10.6 Å². The van der Waals surface area contributed by atoms with Crippen LogP contribution in [0.5, 0.6) is 0 Å². The van der Waals surface area contributed by atoms with E-state index in [1.165, 1.54) is 5.56 Å². The maximum Gasteiger partial charge on any atom is 0.0700 e. The smallest absolute Gasteiger partial charge is 0.0700 e. The fourth-order valence-electron chi connectivity index (χ4n) is 2.39. The van der Waals surface area contributed by atoms with E-state index in [0.717, 1.165) is 39.7 Å². The molecule has 3 heteroatoms. The van der Waals surface area contributed by atoms with Gasteiger partial charge in [-0.3, -0.25) is 0 Å². The summed E-state index contributed by atoms with van der Waals surface area (Å²) in [6, 6.07) is 18.2. The molecular formula is C19H18N2S. The summed E-state index contributed by atoms with van der Waals surface area (Å²) in [6.45, 7) is 8.90. The molecule has 110 valence electrons. The molecule has 0 fully saturated rings. The Morgan fingerprint density at radius 2 is 1.59 bits per heavy atom. The lowest BCUT2D eigenvalue weighted by Gasteiger charge is -2.31. The first-order chi connectivity index (χ1) is 10.6. The van der Waals surface area contributed by atoms with Gasteiger partial charge in [-0.25, -0.2) is 0 Å². The molecule has 0 bridgehead atoms. The summed E-state index contributed by atoms with van der Waals surface area (Å²) < 4.78 is 0. The Hall–Kier alpha value is -2.39. The second-order valence-corrected chi connectivity index (χ2v) is 5.74. The molecule has 0 aliphatic heterocycles. The molecule has 1 aliphatic carbocycles. The number of rotatable bonds is 5. The Kier molecular flexibility index (Phi) is 4.07. The Bertz CT molecular complexity index is 760. The van der Waals surface area contributed by atoms with Crippen molar-refractivity contribution >= 4 is 18.3 Å². The summed E-state index contributed by atoms with van der Waals surface area (Å²) in [5, 5.41) is 6.83. The van der Waals surface area contributed by atoms with Gasteiger partial charge in [0.15, 0.2) is 0 Å². The van der Waals surface area contributed by atoms with Crippen LogP contribution in [0.1, 0.15) is 5.56 Å². The van der Waals surface area contributed by atoms with Crippen LogP contribution in [0.15, 0.2) is 95.2 Å². The van der Waals surface area contributed by atoms with Crippen LogP contribution in [0.25, 0.3) is 0 Å². The second-order valence-electron chi connectivity index (χ2n) is 5.22. The zero-order valence-electron chi connectivity index (χ0n) is 12.3. The van der Waals surface area contributed by atoms with Crippen molar-refractivity contribution in [2.24, 2.45) is 0 Å². The zero-order chi connectivity index (χ0) is 15.5. The third-order valence-corrected chi connectivity index (χ3v) is 3.92. The molecule has 0 spiro atoms. The minimum atomic E-state index is 0.764. The normalized spacial score (nSPS) is 13.9. The van der Waals surface area contributed by atoms with Crippen molar-refractivity contribution in [2.75, 3.05) is 5.32 Å². The minimum absolute atomic E-state index is 0.764. The molecule has 2 N–H and O–H groups in total. The fourth-order valence-corrected chi connectivity index (χ4v) is 2.61. The average Bonchev–Trinajstić information content (AvgIpc) is 2.54. The molecule has 0 saturated heterocycles. The summed E-state index contributed by atoms with van der Waals surface area (Å²) in [6.07, 6.45) is 0. The summed E-state index contributed by atoms with van der Waals surface area (Å²) in [5.74, 6) is 0. The summed E-state index contributed by atoms with van der Waals surface area (Å²) in [7, 11) is 0. The van der Waals surface area contributed by atoms with Crippen molar-refractivity contribution in [3.8, 4) is 0 Å². The van der Waals surface area contributed by atoms with Gasteiger partial charge in [0.25, 0.3) is 0 Å². The van der Waals surface area contributed by atoms with Crippen LogP contribution in [-0.2, 0) is 6.54 Å². The van der Waals surface area contributed by atoms with Gasteiger partial charge in [0, 0.05) is 28.3 Å². The maximum absolute atomic E-state index is 4.36. The van der Waals surface area contributed by atoms with Gasteiger partial charge in [-0.15, -0.1) is 12.6 Å². The van der Waals surface area contributed by atoms with E-state index < -0.39 is 0 Å². The number of hydrogen-bond donors (Lipinski definition) is 3. The van der Waals surface area contributed by atoms with E-state index >= 15 is 0 Å². The Balaban J connectivity index is 1.76. The molecule has 0 amide bonds. The Morgan fingerprint density at radius 1 is 0.864 bits per heavy atom. The molecule has 0 aromatic heterocycles. The van der Waals surface area contributed by atoms with E-state index in [4.69, 9.17) is 0 Å². The minimum Gasteiger partial charge on any atom is -0.379 e. The number of anilines is 1. The molecule has 0 saturated carbocycles. The van der Waals surface area contributed by atoms with Crippen LogP contribution in [-0.4, -0.2) is 0 Å². The van der Waals surface area contributed by atoms with E-state index in [9.17, 15) is 0 Å². The fraction of sp³-hybridized carbons (Fsp3) is 0.0526. The predicted molar refractivity (Wildman–Crippen MR) is 95.9 cm³/mol. The molecule has 2 aromatic rings. The van der Waals surface area contributed by atoms with Crippen molar-refractivity contribution in [2.45, 2.75) is 11.4 Å². The van der Waals surface area contributed by atoms with Crippen LogP contribution in [0.3, 0.4) is 0 Å². The number of nitrogens with one attached hydrogen (secondary N) is 2. The molecule has 0 unspecified atom stereocenters. The van der Waals surface area contributed by atoms with Crippen LogP contribution in [0, 0.1) is 0 Å². The van der Waals surface area contributed by atoms with Crippen LogP contribution in [0.4, 0.5) is 5.69 Å². The second kappa shape index (κ2) is 6.16. The highest BCUT2D eigenvalue weighted by Crippen LogP contribution is 2.36. The lowest BCUT2D eigenvalue weighted by molar-refractivity contribution is 0.795. The van der Waals surface area contributed by atoms with Gasteiger partial charge in [0.05, 0.1) is 11.4 Å². The molecule has 1 aliphatic rings. The van der Waals surface area contributed by atoms with Gasteiger partial charge in [-0.2, -0.15) is 0 Å². The monoisotopic (exact) mass is 306 g/mol. The van der Waals surface area contributed by atoms with Crippen molar-refractivity contribution in [3.05, 3.63) is 95.9 Å². The number of thiol groups is 1. The first kappa shape index (κ1) is 14.5.